The first-order valence-electron chi connectivity index (χ1n) is 7.64. The van der Waals surface area contributed by atoms with E-state index in [4.69, 9.17) is 0 Å². The summed E-state index contributed by atoms with van der Waals surface area (Å²) in [5.41, 5.74) is 1.43. The Morgan fingerprint density at radius 1 is 1.27 bits per heavy atom. The first-order chi connectivity index (χ1) is 10.5. The van der Waals surface area contributed by atoms with Gasteiger partial charge in [-0.25, -0.2) is 9.97 Å². The van der Waals surface area contributed by atoms with Crippen LogP contribution >= 0.6 is 23.1 Å². The van der Waals surface area contributed by atoms with Crippen LogP contribution in [0.5, 0.6) is 0 Å². The van der Waals surface area contributed by atoms with Crippen molar-refractivity contribution >= 4 is 39.2 Å². The standard InChI is InChI=1S/C16H21N3OS2/c1-9(16(20)19(3)4)21-14-13-11-7-5-6-8-12(11)22-15(13)18-10(2)17-14/h9H,5-8H2,1-4H3/t9-/m0/s1. The Morgan fingerprint density at radius 3 is 2.73 bits per heavy atom. The van der Waals surface area contributed by atoms with Crippen molar-refractivity contribution in [2.24, 2.45) is 0 Å². The fraction of sp³-hybridized carbons (Fsp3) is 0.562. The zero-order valence-electron chi connectivity index (χ0n) is 13.5. The summed E-state index contributed by atoms with van der Waals surface area (Å²) in [7, 11) is 3.60. The first kappa shape index (κ1) is 15.7. The fourth-order valence-electron chi connectivity index (χ4n) is 2.89. The molecular weight excluding hydrogens is 314 g/mol. The summed E-state index contributed by atoms with van der Waals surface area (Å²) in [5.74, 6) is 0.914. The highest BCUT2D eigenvalue weighted by atomic mass is 32.2. The number of thiophene rings is 1. The summed E-state index contributed by atoms with van der Waals surface area (Å²) >= 11 is 3.38. The average Bonchev–Trinajstić information content (AvgIpc) is 2.84. The lowest BCUT2D eigenvalue weighted by Crippen LogP contribution is -2.29. The molecule has 22 heavy (non-hydrogen) atoms. The van der Waals surface area contributed by atoms with E-state index in [1.54, 1.807) is 30.8 Å². The summed E-state index contributed by atoms with van der Waals surface area (Å²) < 4.78 is 0. The Labute approximate surface area is 139 Å². The second kappa shape index (κ2) is 6.16. The molecule has 6 heteroatoms. The zero-order valence-corrected chi connectivity index (χ0v) is 15.1. The van der Waals surface area contributed by atoms with Gasteiger partial charge >= 0.3 is 0 Å². The molecule has 1 atom stereocenters. The number of hydrogen-bond donors (Lipinski definition) is 0. The maximum atomic E-state index is 12.2. The maximum Gasteiger partial charge on any atom is 0.235 e. The minimum atomic E-state index is -0.133. The Balaban J connectivity index is 2.04. The molecule has 4 nitrogen and oxygen atoms in total. The molecule has 118 valence electrons. The summed E-state index contributed by atoms with van der Waals surface area (Å²) in [6.07, 6.45) is 4.78. The van der Waals surface area contributed by atoms with Gasteiger partial charge in [0, 0.05) is 24.4 Å². The van der Waals surface area contributed by atoms with Gasteiger partial charge in [0.15, 0.2) is 0 Å². The van der Waals surface area contributed by atoms with E-state index < -0.39 is 0 Å². The number of hydrogen-bond acceptors (Lipinski definition) is 5. The number of rotatable bonds is 3. The lowest BCUT2D eigenvalue weighted by molar-refractivity contribution is -0.127. The number of thioether (sulfide) groups is 1. The molecule has 0 bridgehead atoms. The van der Waals surface area contributed by atoms with Gasteiger partial charge in [0.05, 0.1) is 5.25 Å². The molecule has 1 aliphatic rings. The number of nitrogens with zero attached hydrogens (tertiary/aromatic N) is 3. The van der Waals surface area contributed by atoms with Crippen LogP contribution in [0.1, 0.15) is 36.0 Å². The Hall–Kier alpha value is -1.14. The molecule has 0 spiro atoms. The van der Waals surface area contributed by atoms with E-state index in [-0.39, 0.29) is 11.2 Å². The maximum absolute atomic E-state index is 12.2. The average molecular weight is 335 g/mol. The van der Waals surface area contributed by atoms with Crippen LogP contribution in [0.2, 0.25) is 0 Å². The van der Waals surface area contributed by atoms with Crippen LogP contribution < -0.4 is 0 Å². The van der Waals surface area contributed by atoms with E-state index in [2.05, 4.69) is 9.97 Å². The van der Waals surface area contributed by atoms with Crippen LogP contribution in [-0.4, -0.2) is 40.1 Å². The molecule has 1 aliphatic carbocycles. The van der Waals surface area contributed by atoms with E-state index >= 15 is 0 Å². The highest BCUT2D eigenvalue weighted by Gasteiger charge is 2.24. The van der Waals surface area contributed by atoms with Crippen LogP contribution in [0.4, 0.5) is 0 Å². The number of aromatic nitrogens is 2. The third-order valence-corrected chi connectivity index (χ3v) is 6.23. The number of amides is 1. The topological polar surface area (TPSA) is 46.1 Å². The predicted molar refractivity (Wildman–Crippen MR) is 92.8 cm³/mol. The van der Waals surface area contributed by atoms with Crippen molar-refractivity contribution in [3.63, 3.8) is 0 Å². The Kier molecular flexibility index (Phi) is 4.41. The third kappa shape index (κ3) is 2.86. The van der Waals surface area contributed by atoms with Crippen LogP contribution in [0.15, 0.2) is 5.03 Å². The van der Waals surface area contributed by atoms with Crippen LogP contribution in [0, 0.1) is 6.92 Å². The van der Waals surface area contributed by atoms with Gasteiger partial charge in [0.25, 0.3) is 0 Å². The quantitative estimate of drug-likeness (QED) is 0.637. The van der Waals surface area contributed by atoms with E-state index in [0.717, 1.165) is 28.5 Å². The Morgan fingerprint density at radius 2 is 2.00 bits per heavy atom. The van der Waals surface area contributed by atoms with Gasteiger partial charge in [-0.15, -0.1) is 11.3 Å². The van der Waals surface area contributed by atoms with Crippen molar-refractivity contribution < 1.29 is 4.79 Å². The second-order valence-corrected chi connectivity index (χ2v) is 8.37. The Bertz CT molecular complexity index is 724. The molecule has 0 unspecified atom stereocenters. The number of carbonyl (C=O) groups is 1. The van der Waals surface area contributed by atoms with Gasteiger partial charge in [-0.05, 0) is 45.1 Å². The molecule has 0 saturated carbocycles. The smallest absolute Gasteiger partial charge is 0.235 e. The molecule has 0 saturated heterocycles. The highest BCUT2D eigenvalue weighted by Crippen LogP contribution is 2.40. The minimum absolute atomic E-state index is 0.124. The number of carbonyl (C=O) groups excluding carboxylic acids is 1. The largest absolute Gasteiger partial charge is 0.348 e. The lowest BCUT2D eigenvalue weighted by Gasteiger charge is -2.17. The van der Waals surface area contributed by atoms with Crippen molar-refractivity contribution in [1.29, 1.82) is 0 Å². The van der Waals surface area contributed by atoms with Crippen molar-refractivity contribution in [3.8, 4) is 0 Å². The molecular formula is C16H21N3OS2. The third-order valence-electron chi connectivity index (χ3n) is 3.97. The van der Waals surface area contributed by atoms with Crippen molar-refractivity contribution in [2.75, 3.05) is 14.1 Å². The van der Waals surface area contributed by atoms with Gasteiger partial charge in [-0.2, -0.15) is 0 Å². The summed E-state index contributed by atoms with van der Waals surface area (Å²) in [6, 6.07) is 0. The van der Waals surface area contributed by atoms with E-state index in [0.29, 0.717) is 0 Å². The monoisotopic (exact) mass is 335 g/mol. The van der Waals surface area contributed by atoms with Gasteiger partial charge in [0.1, 0.15) is 15.7 Å². The van der Waals surface area contributed by atoms with Crippen molar-refractivity contribution in [2.45, 2.75) is 49.8 Å². The molecule has 2 aromatic heterocycles. The number of aryl methyl sites for hydroxylation is 3. The molecule has 2 aromatic rings. The summed E-state index contributed by atoms with van der Waals surface area (Å²) in [5, 5.41) is 2.05. The molecule has 0 N–H and O–H groups in total. The van der Waals surface area contributed by atoms with E-state index in [9.17, 15) is 4.79 Å². The molecule has 1 amide bonds. The fourth-order valence-corrected chi connectivity index (χ4v) is 5.43. The SMILES string of the molecule is Cc1nc(S[C@@H](C)C(=O)N(C)C)c2c3c(sc2n1)CCCC3. The van der Waals surface area contributed by atoms with Gasteiger partial charge in [-0.3, -0.25) is 4.79 Å². The summed E-state index contributed by atoms with van der Waals surface area (Å²) in [6.45, 7) is 3.88. The molecule has 0 radical (unpaired) electrons. The van der Waals surface area contributed by atoms with Crippen LogP contribution in [-0.2, 0) is 17.6 Å². The van der Waals surface area contributed by atoms with Gasteiger partial charge in [0.2, 0.25) is 5.91 Å². The predicted octanol–water partition coefficient (Wildman–Crippen LogP) is 3.45. The second-order valence-electron chi connectivity index (χ2n) is 5.96. The normalized spacial score (nSPS) is 15.6. The van der Waals surface area contributed by atoms with E-state index in [1.165, 1.54) is 28.7 Å². The minimum Gasteiger partial charge on any atom is -0.348 e. The van der Waals surface area contributed by atoms with Gasteiger partial charge < -0.3 is 4.90 Å². The molecule has 3 rings (SSSR count). The lowest BCUT2D eigenvalue weighted by atomic mass is 9.97. The molecule has 0 aliphatic heterocycles. The van der Waals surface area contributed by atoms with Crippen molar-refractivity contribution in [3.05, 3.63) is 16.3 Å². The zero-order chi connectivity index (χ0) is 15.9. The van der Waals surface area contributed by atoms with Crippen molar-refractivity contribution in [1.82, 2.24) is 14.9 Å². The first-order valence-corrected chi connectivity index (χ1v) is 9.33. The van der Waals surface area contributed by atoms with Gasteiger partial charge in [-0.1, -0.05) is 11.8 Å². The van der Waals surface area contributed by atoms with E-state index in [1.807, 2.05) is 25.2 Å². The van der Waals surface area contributed by atoms with Crippen LogP contribution in [0.25, 0.3) is 10.2 Å². The molecule has 0 fully saturated rings. The molecule has 2 heterocycles. The summed E-state index contributed by atoms with van der Waals surface area (Å²) in [4.78, 5) is 25.6. The highest BCUT2D eigenvalue weighted by molar-refractivity contribution is 8.00. The number of fused-ring (bicyclic) bond motifs is 3. The van der Waals surface area contributed by atoms with Crippen LogP contribution in [0.3, 0.4) is 0 Å². The molecule has 0 aromatic carbocycles.